The number of amidine groups is 1. The van der Waals surface area contributed by atoms with E-state index in [9.17, 15) is 18.9 Å². The minimum absolute atomic E-state index is 0.0826. The molecule has 1 heterocycles. The fourth-order valence-corrected chi connectivity index (χ4v) is 2.13. The lowest BCUT2D eigenvalue weighted by Crippen LogP contribution is -2.50. The van der Waals surface area contributed by atoms with Crippen LogP contribution in [0.4, 0.5) is 8.78 Å². The molecule has 1 fully saturated rings. The molecule has 0 N–H and O–H groups in total. The van der Waals surface area contributed by atoms with Gasteiger partial charge < -0.3 is 9.64 Å². The van der Waals surface area contributed by atoms with Crippen molar-refractivity contribution in [3.05, 3.63) is 10.1 Å². The highest BCUT2D eigenvalue weighted by atomic mass is 19.3. The predicted molar refractivity (Wildman–Crippen MR) is 66.0 cm³/mol. The van der Waals surface area contributed by atoms with Crippen molar-refractivity contribution in [2.45, 2.75) is 19.9 Å². The van der Waals surface area contributed by atoms with Gasteiger partial charge in [-0.2, -0.15) is 0 Å². The highest BCUT2D eigenvalue weighted by molar-refractivity contribution is 5.87. The minimum Gasteiger partial charge on any atom is -0.381 e. The molecule has 19 heavy (non-hydrogen) atoms. The molecule has 0 amide bonds. The predicted octanol–water partition coefficient (Wildman–Crippen LogP) is 1.49. The summed E-state index contributed by atoms with van der Waals surface area (Å²) in [6.45, 7) is 5.24. The molecule has 1 saturated heterocycles. The number of likely N-dealkylation sites (N-methyl/N-ethyl adjacent to an activating group) is 1. The maximum Gasteiger partial charge on any atom is 0.572 e. The van der Waals surface area contributed by atoms with Crippen LogP contribution < -0.4 is 0 Å². The third-order valence-electron chi connectivity index (χ3n) is 3.36. The molecule has 2 unspecified atom stereocenters. The quantitative estimate of drug-likeness (QED) is 0.251. The van der Waals surface area contributed by atoms with Gasteiger partial charge in [-0.1, -0.05) is 6.92 Å². The molecule has 6 nitrogen and oxygen atoms in total. The average Bonchev–Trinajstić information content (AvgIpc) is 2.74. The number of alkyl halides is 2. The number of halogens is 2. The largest absolute Gasteiger partial charge is 0.572 e. The van der Waals surface area contributed by atoms with Gasteiger partial charge in [0.2, 0.25) is 0 Å². The first-order valence-electron chi connectivity index (χ1n) is 6.16. The second-order valence-corrected chi connectivity index (χ2v) is 4.66. The molecule has 0 bridgehead atoms. The molecule has 110 valence electrons. The molecule has 0 aliphatic carbocycles. The molecular weight excluding hydrogens is 260 g/mol. The molecule has 1 aliphatic heterocycles. The van der Waals surface area contributed by atoms with E-state index < -0.39 is 16.8 Å². The van der Waals surface area contributed by atoms with E-state index in [2.05, 4.69) is 4.99 Å². The lowest BCUT2D eigenvalue weighted by molar-refractivity contribution is -0.618. The van der Waals surface area contributed by atoms with Crippen LogP contribution in [0, 0.1) is 22.0 Å². The van der Waals surface area contributed by atoms with Gasteiger partial charge in [-0.15, -0.1) is 8.78 Å². The third-order valence-corrected chi connectivity index (χ3v) is 3.36. The summed E-state index contributed by atoms with van der Waals surface area (Å²) in [6, 6.07) is -4.16. The molecule has 1 aliphatic rings. The van der Waals surface area contributed by atoms with Crippen LogP contribution >= 0.6 is 0 Å². The smallest absolute Gasteiger partial charge is 0.381 e. The van der Waals surface area contributed by atoms with Crippen molar-refractivity contribution in [1.82, 2.24) is 4.90 Å². The first-order valence-corrected chi connectivity index (χ1v) is 6.16. The molecule has 8 heteroatoms. The van der Waals surface area contributed by atoms with Gasteiger partial charge in [0, 0.05) is 32.7 Å². The van der Waals surface area contributed by atoms with Gasteiger partial charge in [-0.25, -0.2) is 0 Å². The summed E-state index contributed by atoms with van der Waals surface area (Å²) in [5, 5.41) is 10.5. The van der Waals surface area contributed by atoms with Crippen LogP contribution in [0.25, 0.3) is 0 Å². The summed E-state index contributed by atoms with van der Waals surface area (Å²) in [5.74, 6) is -0.463. The van der Waals surface area contributed by atoms with Crippen molar-refractivity contribution in [2.75, 3.05) is 33.4 Å². The molecule has 0 spiro atoms. The highest BCUT2D eigenvalue weighted by Gasteiger charge is 2.53. The lowest BCUT2D eigenvalue weighted by Gasteiger charge is -2.28. The third kappa shape index (κ3) is 3.37. The Morgan fingerprint density at radius 3 is 2.58 bits per heavy atom. The Morgan fingerprint density at radius 2 is 2.21 bits per heavy atom. The van der Waals surface area contributed by atoms with Gasteiger partial charge >= 0.3 is 6.05 Å². The van der Waals surface area contributed by atoms with Crippen molar-refractivity contribution in [2.24, 2.45) is 16.8 Å². The Labute approximate surface area is 110 Å². The molecule has 0 aromatic carbocycles. The second kappa shape index (κ2) is 6.23. The van der Waals surface area contributed by atoms with Gasteiger partial charge in [-0.05, 0) is 12.8 Å². The van der Waals surface area contributed by atoms with Gasteiger partial charge in [0.05, 0.1) is 6.61 Å². The SMILES string of the molecule is CCN(CC1COCC1C)C(=NC)C(F)(F)[N+](=O)[O-]. The number of ether oxygens (including phenoxy) is 1. The molecule has 2 atom stereocenters. The first-order chi connectivity index (χ1) is 8.84. The number of nitro groups is 1. The van der Waals surface area contributed by atoms with Crippen LogP contribution in [0.3, 0.4) is 0 Å². The molecule has 0 saturated carbocycles. The fraction of sp³-hybridized carbons (Fsp3) is 0.909. The van der Waals surface area contributed by atoms with Gasteiger partial charge in [0.25, 0.3) is 5.84 Å². The molecule has 0 radical (unpaired) electrons. The minimum atomic E-state index is -4.16. The summed E-state index contributed by atoms with van der Waals surface area (Å²) >= 11 is 0. The van der Waals surface area contributed by atoms with E-state index in [1.807, 2.05) is 6.92 Å². The number of aliphatic imine (C=N–C) groups is 1. The van der Waals surface area contributed by atoms with Crippen LogP contribution in [-0.2, 0) is 4.74 Å². The number of rotatable bonds is 5. The fourth-order valence-electron chi connectivity index (χ4n) is 2.13. The summed E-state index contributed by atoms with van der Waals surface area (Å²) in [7, 11) is 1.14. The van der Waals surface area contributed by atoms with E-state index >= 15 is 0 Å². The zero-order valence-corrected chi connectivity index (χ0v) is 11.3. The summed E-state index contributed by atoms with van der Waals surface area (Å²) in [4.78, 5) is 13.6. The number of nitrogens with zero attached hydrogens (tertiary/aromatic N) is 3. The van der Waals surface area contributed by atoms with Crippen molar-refractivity contribution in [3.63, 3.8) is 0 Å². The van der Waals surface area contributed by atoms with Crippen LogP contribution in [0.2, 0.25) is 0 Å². The summed E-state index contributed by atoms with van der Waals surface area (Å²) in [5.41, 5.74) is 0. The molecule has 0 aromatic heterocycles. The Kier molecular flexibility index (Phi) is 5.16. The van der Waals surface area contributed by atoms with Gasteiger partial charge in [0.1, 0.15) is 4.92 Å². The van der Waals surface area contributed by atoms with Crippen LogP contribution in [-0.4, -0.2) is 55.1 Å². The van der Waals surface area contributed by atoms with E-state index in [-0.39, 0.29) is 24.9 Å². The maximum absolute atomic E-state index is 13.5. The van der Waals surface area contributed by atoms with E-state index in [0.717, 1.165) is 7.05 Å². The lowest BCUT2D eigenvalue weighted by atomic mass is 9.97. The zero-order chi connectivity index (χ0) is 14.6. The molecule has 1 rings (SSSR count). The normalized spacial score (nSPS) is 24.6. The van der Waals surface area contributed by atoms with E-state index in [4.69, 9.17) is 4.74 Å². The van der Waals surface area contributed by atoms with E-state index in [1.165, 1.54) is 4.90 Å². The van der Waals surface area contributed by atoms with Crippen LogP contribution in [0.1, 0.15) is 13.8 Å². The Morgan fingerprint density at radius 1 is 1.58 bits per heavy atom. The monoisotopic (exact) mass is 279 g/mol. The number of hydrogen-bond donors (Lipinski definition) is 0. The summed E-state index contributed by atoms with van der Waals surface area (Å²) in [6.07, 6.45) is 0. The van der Waals surface area contributed by atoms with Crippen LogP contribution in [0.5, 0.6) is 0 Å². The van der Waals surface area contributed by atoms with E-state index in [1.54, 1.807) is 6.92 Å². The second-order valence-electron chi connectivity index (χ2n) is 4.66. The standard InChI is InChI=1S/C11H19F2N3O3/c1-4-15(5-9-7-19-6-8(9)2)10(14-3)11(12,13)16(17)18/h8-9H,4-7H2,1-3H3. The molecular formula is C11H19F2N3O3. The summed E-state index contributed by atoms with van der Waals surface area (Å²) < 4.78 is 32.3. The van der Waals surface area contributed by atoms with Gasteiger partial charge in [-0.3, -0.25) is 15.1 Å². The van der Waals surface area contributed by atoms with Crippen molar-refractivity contribution >= 4 is 5.84 Å². The average molecular weight is 279 g/mol. The van der Waals surface area contributed by atoms with Crippen LogP contribution in [0.15, 0.2) is 4.99 Å². The first kappa shape index (κ1) is 15.7. The maximum atomic E-state index is 13.5. The van der Waals surface area contributed by atoms with E-state index in [0.29, 0.717) is 13.2 Å². The highest BCUT2D eigenvalue weighted by Crippen LogP contribution is 2.24. The Balaban J connectivity index is 2.85. The van der Waals surface area contributed by atoms with Gasteiger partial charge in [0.15, 0.2) is 0 Å². The van der Waals surface area contributed by atoms with Crippen molar-refractivity contribution in [3.8, 4) is 0 Å². The topological polar surface area (TPSA) is 68.0 Å². The molecule has 0 aromatic rings. The Bertz CT molecular complexity index is 363. The number of hydrogen-bond acceptors (Lipinski definition) is 4. The van der Waals surface area contributed by atoms with Crippen molar-refractivity contribution in [1.29, 1.82) is 0 Å². The van der Waals surface area contributed by atoms with Crippen molar-refractivity contribution < 1.29 is 18.4 Å². The zero-order valence-electron chi connectivity index (χ0n) is 11.3. The Hall–Kier alpha value is -1.31.